The van der Waals surface area contributed by atoms with E-state index in [-0.39, 0.29) is 10.9 Å². The molecule has 0 spiro atoms. The van der Waals surface area contributed by atoms with Crippen molar-refractivity contribution >= 4 is 0 Å². The first-order valence-corrected chi connectivity index (χ1v) is 12.7. The molecule has 220 valence electrons. The van der Waals surface area contributed by atoms with Crippen molar-refractivity contribution in [3.05, 3.63) is 76.7 Å². The molecule has 0 amide bonds. The third-order valence-electron chi connectivity index (χ3n) is 6.87. The molecule has 10 atom stereocenters. The van der Waals surface area contributed by atoms with Gasteiger partial charge in [0.1, 0.15) is 42.7 Å². The van der Waals surface area contributed by atoms with E-state index in [1.54, 1.807) is 0 Å². The molecule has 2 heterocycles. The summed E-state index contributed by atoms with van der Waals surface area (Å²) in [5, 5.41) is 70.7. The van der Waals surface area contributed by atoms with Crippen molar-refractivity contribution in [2.45, 2.75) is 67.4 Å². The molecule has 0 aromatic heterocycles. The first-order chi connectivity index (χ1) is 19.3. The molecule has 15 heteroatoms. The van der Waals surface area contributed by atoms with Gasteiger partial charge in [0.2, 0.25) is 0 Å². The van der Waals surface area contributed by atoms with Crippen LogP contribution in [0.5, 0.6) is 0 Å². The second kappa shape index (κ2) is 13.8. The molecule has 2 saturated heterocycles. The summed E-state index contributed by atoms with van der Waals surface area (Å²) in [7, 11) is 0. The maximum absolute atomic E-state index is 12.8. The van der Waals surface area contributed by atoms with Gasteiger partial charge in [0.15, 0.2) is 23.3 Å². The topological polar surface area (TPSA) is 227 Å². The largest absolute Gasteiger partial charge is 0.394 e. The van der Waals surface area contributed by atoms with E-state index in [9.17, 15) is 40.7 Å². The van der Waals surface area contributed by atoms with Gasteiger partial charge >= 0.3 is 6.23 Å². The summed E-state index contributed by atoms with van der Waals surface area (Å²) in [5.41, 5.74) is 5.23. The fourth-order valence-corrected chi connectivity index (χ4v) is 4.64. The quantitative estimate of drug-likeness (QED) is 0.0932. The Morgan fingerprint density at radius 2 is 1.35 bits per heavy atom. The minimum Gasteiger partial charge on any atom is -0.394 e. The van der Waals surface area contributed by atoms with Crippen LogP contribution in [-0.2, 0) is 19.1 Å². The molecule has 0 aliphatic carbocycles. The number of nitrogens with two attached hydrogens (primary N) is 1. The van der Waals surface area contributed by atoms with Gasteiger partial charge in [-0.1, -0.05) is 60.7 Å². The van der Waals surface area contributed by atoms with Crippen LogP contribution in [-0.4, -0.2) is 115 Å². The number of hydrogen-bond donors (Lipinski definition) is 9. The number of hydroxylamine groups is 1. The van der Waals surface area contributed by atoms with E-state index < -0.39 is 74.6 Å². The Morgan fingerprint density at radius 3 is 1.90 bits per heavy atom. The fourth-order valence-electron chi connectivity index (χ4n) is 4.64. The van der Waals surface area contributed by atoms with Gasteiger partial charge in [0.05, 0.1) is 18.1 Å². The van der Waals surface area contributed by atoms with E-state index in [0.717, 1.165) is 11.1 Å². The first kappa shape index (κ1) is 30.3. The molecule has 2 aliphatic heterocycles. The monoisotopic (exact) mass is 569 g/mol. The number of quaternary nitrogens is 1. The van der Waals surface area contributed by atoms with Crippen LogP contribution >= 0.6 is 0 Å². The Kier molecular flexibility index (Phi) is 10.5. The number of hydrazine groups is 1. The predicted octanol–water partition coefficient (Wildman–Crippen LogP) is -3.91. The molecule has 2 fully saturated rings. The number of aliphatic hydroxyl groups excluding tert-OH is 7. The molecule has 2 aromatic rings. The average molecular weight is 570 g/mol. The van der Waals surface area contributed by atoms with Gasteiger partial charge < -0.3 is 50.0 Å². The van der Waals surface area contributed by atoms with Gasteiger partial charge in [0, 0.05) is 16.7 Å². The van der Waals surface area contributed by atoms with Crippen molar-refractivity contribution in [2.24, 2.45) is 0 Å². The van der Waals surface area contributed by atoms with Gasteiger partial charge in [0.25, 0.3) is 0 Å². The number of rotatable bonds is 11. The summed E-state index contributed by atoms with van der Waals surface area (Å²) < 4.78 is 16.2. The lowest BCUT2D eigenvalue weighted by Crippen LogP contribution is -2.87. The minimum atomic E-state index is -1.90. The number of benzene rings is 2. The molecule has 2 aromatic carbocycles. The van der Waals surface area contributed by atoms with Crippen LogP contribution in [0.4, 0.5) is 0 Å². The summed E-state index contributed by atoms with van der Waals surface area (Å²) in [5.74, 6) is 0. The highest BCUT2D eigenvalue weighted by Gasteiger charge is 2.55. The van der Waals surface area contributed by atoms with Crippen LogP contribution in [0.2, 0.25) is 0 Å². The lowest BCUT2D eigenvalue weighted by Gasteiger charge is -2.44. The highest BCUT2D eigenvalue weighted by atomic mass is 16.8. The molecule has 40 heavy (non-hydrogen) atoms. The van der Waals surface area contributed by atoms with Crippen LogP contribution in [0, 0.1) is 4.91 Å². The van der Waals surface area contributed by atoms with Crippen LogP contribution in [0.15, 0.2) is 60.7 Å². The Bertz CT molecular complexity index is 1030. The summed E-state index contributed by atoms with van der Waals surface area (Å²) in [6.07, 6.45) is -16.6. The van der Waals surface area contributed by atoms with Crippen molar-refractivity contribution in [3.63, 3.8) is 0 Å². The Morgan fingerprint density at radius 1 is 0.775 bits per heavy atom. The summed E-state index contributed by atoms with van der Waals surface area (Å²) in [6, 6.07) is 18.3. The summed E-state index contributed by atoms with van der Waals surface area (Å²) >= 11 is 0. The zero-order valence-corrected chi connectivity index (χ0v) is 21.2. The third-order valence-corrected chi connectivity index (χ3v) is 6.87. The van der Waals surface area contributed by atoms with Crippen molar-refractivity contribution in [1.82, 2.24) is 5.59 Å². The lowest BCUT2D eigenvalue weighted by molar-refractivity contribution is -0.980. The van der Waals surface area contributed by atoms with E-state index in [4.69, 9.17) is 19.1 Å². The van der Waals surface area contributed by atoms with E-state index in [1.165, 1.54) is 5.48 Å². The maximum Gasteiger partial charge on any atom is 0.368 e. The van der Waals surface area contributed by atoms with Crippen LogP contribution < -0.4 is 11.1 Å². The zero-order valence-electron chi connectivity index (χ0n) is 21.2. The minimum absolute atomic E-state index is 0.0180. The number of aliphatic hydroxyl groups is 7. The molecule has 4 rings (SSSR count). The van der Waals surface area contributed by atoms with E-state index in [2.05, 4.69) is 5.59 Å². The first-order valence-electron chi connectivity index (χ1n) is 12.7. The predicted molar refractivity (Wildman–Crippen MR) is 131 cm³/mol. The molecule has 0 radical (unpaired) electrons. The van der Waals surface area contributed by atoms with E-state index >= 15 is 0 Å². The molecular weight excluding hydrogens is 534 g/mol. The summed E-state index contributed by atoms with van der Waals surface area (Å²) in [4.78, 5) is 18.1. The Labute approximate surface area is 228 Å². The van der Waals surface area contributed by atoms with Gasteiger partial charge in [-0.2, -0.15) is 5.48 Å². The Balaban J connectivity index is 1.39. The van der Waals surface area contributed by atoms with Gasteiger partial charge in [-0.3, -0.25) is 0 Å². The van der Waals surface area contributed by atoms with Crippen molar-refractivity contribution in [3.8, 4) is 0 Å². The van der Waals surface area contributed by atoms with E-state index in [0.29, 0.717) is 0 Å². The van der Waals surface area contributed by atoms with Gasteiger partial charge in [-0.05, 0) is 4.94 Å². The average Bonchev–Trinajstić information content (AvgIpc) is 2.98. The number of nitrogens with one attached hydrogen (secondary N) is 1. The van der Waals surface area contributed by atoms with Gasteiger partial charge in [-0.25, -0.2) is 0 Å². The van der Waals surface area contributed by atoms with Crippen LogP contribution in [0.1, 0.15) is 17.2 Å². The number of hydrogen-bond acceptors (Lipinski definition) is 12. The van der Waals surface area contributed by atoms with Crippen LogP contribution in [0.3, 0.4) is 0 Å². The Hall–Kier alpha value is -2.64. The fraction of sp³-hybridized carbons (Fsp3) is 0.520. The molecule has 0 saturated carbocycles. The van der Waals surface area contributed by atoms with Crippen molar-refractivity contribution in [1.29, 1.82) is 0 Å². The standard InChI is InChI=1S/C25H34N3O12/c29-11-15-18(31)19(32)22(35)25(38-15)39-23-16(12-30)37-24(21(34)20(23)33)28(36)27-40-26-17(13-7-3-1-4-8-13)14-9-5-2-6-10-14/h1-10,15-26,29-35H,11-12H2,(H,27,36)/q+1/p+1/t15-,16-,18+,19+,20-,21-,22-,23-,24-,25+/m1/s1. The normalized spacial score (nSPS) is 34.5. The highest BCUT2D eigenvalue weighted by Crippen LogP contribution is 2.29. The molecular formula is C25H35N3O12+2. The second-order valence-electron chi connectivity index (χ2n) is 9.50. The van der Waals surface area contributed by atoms with Crippen molar-refractivity contribution in [2.75, 3.05) is 13.2 Å². The number of nitrogens with zero attached hydrogens (tertiary/aromatic N) is 1. The third kappa shape index (κ3) is 6.63. The lowest BCUT2D eigenvalue weighted by atomic mass is 9.96. The summed E-state index contributed by atoms with van der Waals surface area (Å²) in [6.45, 7) is -1.50. The van der Waals surface area contributed by atoms with E-state index in [1.807, 2.05) is 60.7 Å². The smallest absolute Gasteiger partial charge is 0.368 e. The number of nitroso groups, excluding NO2 is 1. The molecule has 0 unspecified atom stereocenters. The van der Waals surface area contributed by atoms with Crippen molar-refractivity contribution < 1.29 is 65.2 Å². The van der Waals surface area contributed by atoms with Crippen LogP contribution in [0.25, 0.3) is 0 Å². The number of ether oxygens (including phenoxy) is 3. The molecule has 15 nitrogen and oxygen atoms in total. The highest BCUT2D eigenvalue weighted by molar-refractivity contribution is 5.28. The molecule has 2 aliphatic rings. The zero-order chi connectivity index (χ0) is 28.8. The second-order valence-corrected chi connectivity index (χ2v) is 9.50. The maximum atomic E-state index is 12.8. The van der Waals surface area contributed by atoms with Gasteiger partial charge in [-0.15, -0.1) is 0 Å². The molecule has 10 N–H and O–H groups in total. The SMILES string of the molecule is O=[N+](NO[NH2+]C(c1ccccc1)c1ccccc1)[C@@H]1O[C@H](CO)[C@@H](O[C@@H]2O[C@H](CO)[C@H](O)[C@H](O)[C@H]2O)[C@H](O)[C@H]1O. The molecule has 0 bridgehead atoms.